The van der Waals surface area contributed by atoms with Crippen LogP contribution in [-0.2, 0) is 4.79 Å². The summed E-state index contributed by atoms with van der Waals surface area (Å²) in [7, 11) is 0. The second kappa shape index (κ2) is 11.4. The van der Waals surface area contributed by atoms with Gasteiger partial charge in [-0.1, -0.05) is 59.2 Å². The van der Waals surface area contributed by atoms with Crippen LogP contribution in [0.3, 0.4) is 0 Å². The number of nitrogens with zero attached hydrogens (tertiary/aromatic N) is 6. The lowest BCUT2D eigenvalue weighted by atomic mass is 10.2. The Morgan fingerprint density at radius 1 is 1.16 bits per heavy atom. The monoisotopic (exact) mass is 556 g/mol. The molecule has 0 unspecified atom stereocenters. The van der Waals surface area contributed by atoms with Crippen molar-refractivity contribution in [2.24, 2.45) is 9.98 Å². The summed E-state index contributed by atoms with van der Waals surface area (Å²) in [4.78, 5) is 24.9. The average Bonchev–Trinajstić information content (AvgIpc) is 3.49. The smallest absolute Gasteiger partial charge is 0.324 e. The number of hydrogen-bond acceptors (Lipinski definition) is 8. The molecule has 2 aliphatic heterocycles. The number of benzene rings is 2. The molecule has 190 valence electrons. The van der Waals surface area contributed by atoms with Crippen LogP contribution in [0.25, 0.3) is 6.08 Å². The molecule has 1 aromatic heterocycles. The van der Waals surface area contributed by atoms with Crippen molar-refractivity contribution in [3.8, 4) is 0 Å². The maximum atomic E-state index is 13.3. The van der Waals surface area contributed by atoms with E-state index in [0.717, 1.165) is 37.7 Å². The predicted molar refractivity (Wildman–Crippen MR) is 144 cm³/mol. The Morgan fingerprint density at radius 2 is 1.95 bits per heavy atom. The Hall–Kier alpha value is -3.34. The van der Waals surface area contributed by atoms with Crippen LogP contribution in [0.2, 0.25) is 10.0 Å². The van der Waals surface area contributed by atoms with Gasteiger partial charge in [-0.05, 0) is 61.1 Å². The third-order valence-electron chi connectivity index (χ3n) is 5.72. The summed E-state index contributed by atoms with van der Waals surface area (Å²) in [6, 6.07) is 14.1. The molecule has 0 spiro atoms. The molecule has 2 aliphatic rings. The van der Waals surface area contributed by atoms with E-state index in [1.165, 1.54) is 11.3 Å². The number of hydrogen-bond donors (Lipinski definition) is 0. The van der Waals surface area contributed by atoms with Gasteiger partial charge in [0.25, 0.3) is 12.1 Å². The van der Waals surface area contributed by atoms with Gasteiger partial charge >= 0.3 is 5.88 Å². The second-order valence-electron chi connectivity index (χ2n) is 8.34. The molecular formula is C25H22Cl2N6O3S. The van der Waals surface area contributed by atoms with Gasteiger partial charge in [-0.15, -0.1) is 0 Å². The van der Waals surface area contributed by atoms with Crippen LogP contribution in [0.1, 0.15) is 24.8 Å². The SMILES string of the molecule is O=C1/C(=C\c2ccc(Cl)cc2Cl)N=C(SC/C([O-])=N/c2c[n+](N3CCCCC3)no2)N1c1ccccc1. The van der Waals surface area contributed by atoms with Gasteiger partial charge in [-0.25, -0.2) is 9.98 Å². The maximum absolute atomic E-state index is 13.3. The lowest BCUT2D eigenvalue weighted by Gasteiger charge is -2.18. The van der Waals surface area contributed by atoms with Crippen molar-refractivity contribution < 1.29 is 19.2 Å². The molecule has 3 aromatic rings. The lowest BCUT2D eigenvalue weighted by molar-refractivity contribution is -0.759. The van der Waals surface area contributed by atoms with Gasteiger partial charge in [0.05, 0.1) is 23.6 Å². The maximum Gasteiger partial charge on any atom is 0.324 e. The number of amides is 1. The van der Waals surface area contributed by atoms with Crippen LogP contribution in [0.15, 0.2) is 74.9 Å². The number of para-hydroxylation sites is 1. The van der Waals surface area contributed by atoms with Crippen LogP contribution in [0.5, 0.6) is 0 Å². The molecule has 0 bridgehead atoms. The third-order valence-corrected chi connectivity index (χ3v) is 7.21. The summed E-state index contributed by atoms with van der Waals surface area (Å²) < 4.78 is 5.22. The molecule has 0 N–H and O–H groups in total. The fourth-order valence-electron chi connectivity index (χ4n) is 3.94. The third kappa shape index (κ3) is 5.98. The highest BCUT2D eigenvalue weighted by Crippen LogP contribution is 2.31. The zero-order valence-corrected chi connectivity index (χ0v) is 21.9. The number of piperidine rings is 1. The van der Waals surface area contributed by atoms with E-state index in [4.69, 9.17) is 27.7 Å². The quantitative estimate of drug-likeness (QED) is 0.197. The molecule has 3 heterocycles. The van der Waals surface area contributed by atoms with Crippen LogP contribution in [-0.4, -0.2) is 41.1 Å². The standard InChI is InChI=1S/C25H22Cl2N6O3S/c26-18-10-9-17(20(27)14-18)13-21-24(35)33(19-7-3-1-4-8-19)25(28-21)37-16-22(34)29-23-15-32(30-36-23)31-11-5-2-6-12-31/h1,3-4,7-10,13-15H,2,5-6,11-12,16H2/b21-13+. The molecule has 0 atom stereocenters. The lowest BCUT2D eigenvalue weighted by Crippen LogP contribution is -2.60. The van der Waals surface area contributed by atoms with Crippen molar-refractivity contribution in [3.63, 3.8) is 0 Å². The number of carbonyl (C=O) groups is 1. The Morgan fingerprint density at radius 3 is 2.70 bits per heavy atom. The van der Waals surface area contributed by atoms with E-state index >= 15 is 0 Å². The van der Waals surface area contributed by atoms with Gasteiger partial charge < -0.3 is 5.11 Å². The number of carbonyl (C=O) groups excluding carboxylic acids is 1. The molecule has 5 rings (SSSR count). The summed E-state index contributed by atoms with van der Waals surface area (Å²) in [5, 5.41) is 19.9. The fraction of sp³-hybridized carbons (Fsp3) is 0.240. The first-order valence-corrected chi connectivity index (χ1v) is 13.4. The molecule has 0 aliphatic carbocycles. The molecule has 9 nitrogen and oxygen atoms in total. The van der Waals surface area contributed by atoms with Crippen LogP contribution in [0.4, 0.5) is 11.6 Å². The fourth-order valence-corrected chi connectivity index (χ4v) is 5.20. The molecule has 37 heavy (non-hydrogen) atoms. The average molecular weight is 557 g/mol. The number of halogens is 2. The Bertz CT molecular complexity index is 1390. The topological polar surface area (TPSA) is 101 Å². The molecule has 12 heteroatoms. The molecule has 1 amide bonds. The van der Waals surface area contributed by atoms with Crippen molar-refractivity contribution in [2.45, 2.75) is 19.3 Å². The molecular weight excluding hydrogens is 535 g/mol. The molecule has 1 saturated heterocycles. The van der Waals surface area contributed by atoms with Gasteiger partial charge in [0, 0.05) is 15.8 Å². The largest absolute Gasteiger partial charge is 0.861 e. The van der Waals surface area contributed by atoms with Crippen LogP contribution in [0, 0.1) is 0 Å². The van der Waals surface area contributed by atoms with E-state index < -0.39 is 5.90 Å². The van der Waals surface area contributed by atoms with Crippen molar-refractivity contribution in [3.05, 3.63) is 76.0 Å². The number of aromatic nitrogens is 2. The van der Waals surface area contributed by atoms with Gasteiger partial charge in [-0.2, -0.15) is 5.01 Å². The summed E-state index contributed by atoms with van der Waals surface area (Å²) in [6.45, 7) is 1.75. The van der Waals surface area contributed by atoms with E-state index in [1.807, 2.05) is 23.2 Å². The highest BCUT2D eigenvalue weighted by atomic mass is 35.5. The zero-order valence-electron chi connectivity index (χ0n) is 19.6. The van der Waals surface area contributed by atoms with Crippen LogP contribution < -0.4 is 19.8 Å². The summed E-state index contributed by atoms with van der Waals surface area (Å²) in [5.74, 6) is -0.692. The minimum atomic E-state index is -0.437. The minimum absolute atomic E-state index is 0.0468. The van der Waals surface area contributed by atoms with E-state index in [9.17, 15) is 9.90 Å². The van der Waals surface area contributed by atoms with E-state index in [2.05, 4.69) is 15.3 Å². The van der Waals surface area contributed by atoms with Crippen molar-refractivity contribution in [2.75, 3.05) is 28.8 Å². The molecule has 0 saturated carbocycles. The summed E-state index contributed by atoms with van der Waals surface area (Å²) in [5.41, 5.74) is 1.43. The Labute approximate surface area is 227 Å². The van der Waals surface area contributed by atoms with Crippen molar-refractivity contribution in [1.82, 2.24) is 5.27 Å². The molecule has 1 fully saturated rings. The van der Waals surface area contributed by atoms with Gasteiger partial charge in [0.1, 0.15) is 5.70 Å². The minimum Gasteiger partial charge on any atom is -0.861 e. The van der Waals surface area contributed by atoms with Gasteiger partial charge in [0.15, 0.2) is 5.17 Å². The van der Waals surface area contributed by atoms with Crippen molar-refractivity contribution in [1.29, 1.82) is 0 Å². The van der Waals surface area contributed by atoms with E-state index in [-0.39, 0.29) is 23.2 Å². The Balaban J connectivity index is 1.35. The van der Waals surface area contributed by atoms with E-state index in [0.29, 0.717) is 26.5 Å². The van der Waals surface area contributed by atoms with E-state index in [1.54, 1.807) is 47.4 Å². The molecule has 2 aromatic carbocycles. The summed E-state index contributed by atoms with van der Waals surface area (Å²) in [6.07, 6.45) is 6.56. The van der Waals surface area contributed by atoms with Crippen molar-refractivity contribution >= 4 is 69.6 Å². The number of anilines is 1. The molecule has 0 radical (unpaired) electrons. The highest BCUT2D eigenvalue weighted by molar-refractivity contribution is 8.14. The first-order valence-electron chi connectivity index (χ1n) is 11.6. The second-order valence-corrected chi connectivity index (χ2v) is 10.1. The first kappa shape index (κ1) is 25.3. The van der Waals surface area contributed by atoms with Gasteiger partial charge in [0.2, 0.25) is 5.27 Å². The summed E-state index contributed by atoms with van der Waals surface area (Å²) >= 11 is 13.4. The number of rotatable bonds is 6. The predicted octanol–water partition coefficient (Wildman–Crippen LogP) is 3.96. The number of aliphatic imine (C=N–C) groups is 2. The number of thioether (sulfide) groups is 1. The van der Waals surface area contributed by atoms with Gasteiger partial charge in [-0.3, -0.25) is 14.2 Å². The number of amidine groups is 1. The Kier molecular flexibility index (Phi) is 7.78. The normalized spacial score (nSPS) is 17.6. The van der Waals surface area contributed by atoms with Crippen LogP contribution >= 0.6 is 35.0 Å². The zero-order chi connectivity index (χ0) is 25.8. The highest BCUT2D eigenvalue weighted by Gasteiger charge is 2.32. The first-order chi connectivity index (χ1) is 18.0.